The molecule has 2 heterocycles. The zero-order valence-corrected chi connectivity index (χ0v) is 25.5. The van der Waals surface area contributed by atoms with E-state index >= 15 is 0 Å². The maximum absolute atomic E-state index is 13.8. The van der Waals surface area contributed by atoms with Gasteiger partial charge in [0.15, 0.2) is 5.78 Å². The smallest absolute Gasteiger partial charge is 0.324 e. The van der Waals surface area contributed by atoms with Crippen molar-refractivity contribution in [3.8, 4) is 5.69 Å². The second kappa shape index (κ2) is 12.9. The van der Waals surface area contributed by atoms with Crippen molar-refractivity contribution in [3.63, 3.8) is 0 Å². The van der Waals surface area contributed by atoms with Crippen LogP contribution in [0.25, 0.3) is 5.69 Å². The highest BCUT2D eigenvalue weighted by atomic mass is 16.2. The van der Waals surface area contributed by atoms with Crippen LogP contribution >= 0.6 is 0 Å². The first-order valence-electron chi connectivity index (χ1n) is 15.0. The van der Waals surface area contributed by atoms with Crippen molar-refractivity contribution < 1.29 is 9.59 Å². The predicted molar refractivity (Wildman–Crippen MR) is 173 cm³/mol. The molecule has 0 aliphatic carbocycles. The van der Waals surface area contributed by atoms with Crippen molar-refractivity contribution in [2.24, 2.45) is 11.7 Å². The Hall–Kier alpha value is -4.27. The third-order valence-electron chi connectivity index (χ3n) is 8.14. The lowest BCUT2D eigenvalue weighted by molar-refractivity contribution is 0.0916. The maximum atomic E-state index is 13.8. The molecule has 0 radical (unpaired) electrons. The van der Waals surface area contributed by atoms with Crippen LogP contribution in [0.4, 0.5) is 16.3 Å². The predicted octanol–water partition coefficient (Wildman–Crippen LogP) is 6.55. The number of hydrogen-bond acceptors (Lipinski definition) is 5. The molecule has 8 nitrogen and oxygen atoms in total. The number of ketones is 1. The summed E-state index contributed by atoms with van der Waals surface area (Å²) in [6.45, 7) is 10.6. The monoisotopic (exact) mass is 578 g/mol. The number of aromatic nitrogens is 2. The summed E-state index contributed by atoms with van der Waals surface area (Å²) in [5.74, 6) is 0.686. The first-order valence-corrected chi connectivity index (χ1v) is 15.0. The molecule has 3 aromatic carbocycles. The molecule has 1 atom stereocenters. The van der Waals surface area contributed by atoms with E-state index in [9.17, 15) is 9.59 Å². The number of amides is 2. The molecule has 1 unspecified atom stereocenters. The van der Waals surface area contributed by atoms with E-state index in [2.05, 4.69) is 36.7 Å². The van der Waals surface area contributed by atoms with E-state index in [4.69, 9.17) is 10.8 Å². The van der Waals surface area contributed by atoms with Crippen LogP contribution in [-0.4, -0.2) is 34.7 Å². The van der Waals surface area contributed by atoms with E-state index < -0.39 is 0 Å². The fraction of sp³-hybridized carbons (Fsp3) is 0.343. The molecule has 1 aliphatic rings. The van der Waals surface area contributed by atoms with E-state index in [1.807, 2.05) is 85.8 Å². The average molecular weight is 579 g/mol. The molecule has 5 N–H and O–H groups in total. The number of nitrogens with one attached hydrogen (secondary N) is 3. The molecule has 43 heavy (non-hydrogen) atoms. The number of hydrogen-bond donors (Lipinski definition) is 4. The number of carbonyl (C=O) groups is 2. The van der Waals surface area contributed by atoms with Crippen LogP contribution in [0, 0.1) is 12.8 Å². The van der Waals surface area contributed by atoms with Crippen LogP contribution in [0.2, 0.25) is 0 Å². The van der Waals surface area contributed by atoms with Crippen LogP contribution in [-0.2, 0) is 12.0 Å². The highest BCUT2D eigenvalue weighted by Gasteiger charge is 2.31. The molecule has 0 spiro atoms. The zero-order valence-electron chi connectivity index (χ0n) is 25.5. The average Bonchev–Trinajstić information content (AvgIpc) is 3.43. The third kappa shape index (κ3) is 7.21. The number of benzene rings is 3. The summed E-state index contributed by atoms with van der Waals surface area (Å²) in [4.78, 5) is 27.0. The van der Waals surface area contributed by atoms with Crippen molar-refractivity contribution in [2.75, 3.05) is 23.7 Å². The van der Waals surface area contributed by atoms with Crippen molar-refractivity contribution in [2.45, 2.75) is 58.4 Å². The van der Waals surface area contributed by atoms with Gasteiger partial charge < -0.3 is 16.4 Å². The van der Waals surface area contributed by atoms with Crippen molar-refractivity contribution in [1.29, 1.82) is 0 Å². The van der Waals surface area contributed by atoms with Gasteiger partial charge in [0.1, 0.15) is 5.82 Å². The number of aryl methyl sites for hydroxylation is 1. The lowest BCUT2D eigenvalue weighted by atomic mass is 9.76. The lowest BCUT2D eigenvalue weighted by Gasteiger charge is -2.30. The van der Waals surface area contributed by atoms with Crippen molar-refractivity contribution in [1.82, 2.24) is 15.1 Å². The summed E-state index contributed by atoms with van der Waals surface area (Å²) in [6, 6.07) is 24.8. The molecule has 4 aromatic rings. The Kier molecular flexibility index (Phi) is 9.08. The summed E-state index contributed by atoms with van der Waals surface area (Å²) in [7, 11) is 0. The van der Waals surface area contributed by atoms with E-state index in [0.717, 1.165) is 54.0 Å². The molecule has 1 saturated heterocycles. The van der Waals surface area contributed by atoms with Gasteiger partial charge in [0.2, 0.25) is 0 Å². The number of piperidine rings is 1. The van der Waals surface area contributed by atoms with Gasteiger partial charge in [-0.05, 0) is 74.2 Å². The standard InChI is InChI=1S/C35H42N6O2/c1-23-5-15-29(16-6-23)41-31(21-30(40-41)35(2,3)4)39-34(43)38-28-13-11-25(12-14-28)32(26-17-19-37-20-18-26)33(42)27-9-7-24(22-36)8-10-27/h5-16,21,26,32,37H,17-20,22,36H2,1-4H3,(H2,38,39,43). The number of urea groups is 1. The van der Waals surface area contributed by atoms with Gasteiger partial charge in [0.25, 0.3) is 0 Å². The topological polar surface area (TPSA) is 114 Å². The molecule has 5 rings (SSSR count). The Balaban J connectivity index is 1.34. The number of Topliss-reactive ketones (excluding diaryl/α,β-unsaturated/α-hetero) is 1. The van der Waals surface area contributed by atoms with Crippen molar-refractivity contribution in [3.05, 3.63) is 107 Å². The Labute approximate surface area is 254 Å². The molecular weight excluding hydrogens is 536 g/mol. The van der Waals surface area contributed by atoms with Gasteiger partial charge in [-0.15, -0.1) is 0 Å². The van der Waals surface area contributed by atoms with Gasteiger partial charge in [-0.1, -0.05) is 74.9 Å². The SMILES string of the molecule is Cc1ccc(-n2nc(C(C)(C)C)cc2NC(=O)Nc2ccc(C(C(=O)c3ccc(CN)cc3)C3CCNCC3)cc2)cc1. The van der Waals surface area contributed by atoms with E-state index in [1.54, 1.807) is 4.68 Å². The Morgan fingerprint density at radius 2 is 1.60 bits per heavy atom. The van der Waals surface area contributed by atoms with E-state index in [0.29, 0.717) is 23.6 Å². The molecule has 0 saturated carbocycles. The van der Waals surface area contributed by atoms with Crippen LogP contribution in [0.5, 0.6) is 0 Å². The Bertz CT molecular complexity index is 1540. The second-order valence-electron chi connectivity index (χ2n) is 12.4. The molecule has 1 aliphatic heterocycles. The van der Waals surface area contributed by atoms with Crippen LogP contribution in [0.3, 0.4) is 0 Å². The van der Waals surface area contributed by atoms with Gasteiger partial charge >= 0.3 is 6.03 Å². The number of carbonyl (C=O) groups excluding carboxylic acids is 2. The van der Waals surface area contributed by atoms with Crippen LogP contribution < -0.4 is 21.7 Å². The number of anilines is 2. The summed E-state index contributed by atoms with van der Waals surface area (Å²) < 4.78 is 1.76. The zero-order chi connectivity index (χ0) is 30.6. The first kappa shape index (κ1) is 30.2. The minimum Gasteiger partial charge on any atom is -0.326 e. The highest BCUT2D eigenvalue weighted by Crippen LogP contribution is 2.35. The minimum absolute atomic E-state index is 0.118. The van der Waals surface area contributed by atoms with Gasteiger partial charge in [0.05, 0.1) is 17.3 Å². The largest absolute Gasteiger partial charge is 0.326 e. The molecule has 8 heteroatoms. The highest BCUT2D eigenvalue weighted by molar-refractivity contribution is 6.02. The van der Waals surface area contributed by atoms with Crippen LogP contribution in [0.1, 0.15) is 72.3 Å². The Morgan fingerprint density at radius 3 is 2.21 bits per heavy atom. The maximum Gasteiger partial charge on any atom is 0.324 e. The fourth-order valence-electron chi connectivity index (χ4n) is 5.57. The molecule has 0 bridgehead atoms. The van der Waals surface area contributed by atoms with Crippen LogP contribution in [0.15, 0.2) is 78.9 Å². The number of nitrogens with two attached hydrogens (primary N) is 1. The second-order valence-corrected chi connectivity index (χ2v) is 12.4. The first-order chi connectivity index (χ1) is 20.6. The number of rotatable bonds is 8. The minimum atomic E-state index is -0.368. The summed E-state index contributed by atoms with van der Waals surface area (Å²) in [6.07, 6.45) is 1.87. The summed E-state index contributed by atoms with van der Waals surface area (Å²) in [5.41, 5.74) is 11.8. The van der Waals surface area contributed by atoms with Gasteiger partial charge in [0, 0.05) is 29.3 Å². The molecule has 1 aromatic heterocycles. The Morgan fingerprint density at radius 1 is 0.953 bits per heavy atom. The molecule has 1 fully saturated rings. The molecular formula is C35H42N6O2. The van der Waals surface area contributed by atoms with Crippen molar-refractivity contribution >= 4 is 23.3 Å². The molecule has 2 amide bonds. The summed E-state index contributed by atoms with van der Waals surface area (Å²) in [5, 5.41) is 14.1. The number of nitrogens with zero attached hydrogens (tertiary/aromatic N) is 2. The summed E-state index contributed by atoms with van der Waals surface area (Å²) >= 11 is 0. The molecule has 224 valence electrons. The fourth-order valence-corrected chi connectivity index (χ4v) is 5.57. The third-order valence-corrected chi connectivity index (χ3v) is 8.14. The van der Waals surface area contributed by atoms with E-state index in [1.165, 1.54) is 0 Å². The van der Waals surface area contributed by atoms with Gasteiger partial charge in [-0.2, -0.15) is 5.10 Å². The van der Waals surface area contributed by atoms with Gasteiger partial charge in [-0.3, -0.25) is 10.1 Å². The normalized spacial score (nSPS) is 14.7. The lowest BCUT2D eigenvalue weighted by Crippen LogP contribution is -2.33. The quantitative estimate of drug-likeness (QED) is 0.177. The van der Waals surface area contributed by atoms with E-state index in [-0.39, 0.29) is 29.1 Å². The van der Waals surface area contributed by atoms with Gasteiger partial charge in [-0.25, -0.2) is 9.48 Å².